The van der Waals surface area contributed by atoms with Gasteiger partial charge in [-0.05, 0) is 55.7 Å². The summed E-state index contributed by atoms with van der Waals surface area (Å²) in [5.74, 6) is -3.75. The summed E-state index contributed by atoms with van der Waals surface area (Å²) >= 11 is 0. The lowest BCUT2D eigenvalue weighted by Gasteiger charge is -2.34. The molecule has 1 saturated carbocycles. The molecule has 1 aromatic heterocycles. The predicted molar refractivity (Wildman–Crippen MR) is 113 cm³/mol. The lowest BCUT2D eigenvalue weighted by molar-refractivity contribution is -0.192. The third kappa shape index (κ3) is 5.15. The third-order valence-electron chi connectivity index (χ3n) is 6.02. The van der Waals surface area contributed by atoms with Crippen LogP contribution >= 0.6 is 0 Å². The first kappa shape index (κ1) is 24.2. The monoisotopic (exact) mass is 464 g/mol. The first-order valence-electron chi connectivity index (χ1n) is 10.4. The lowest BCUT2D eigenvalue weighted by Crippen LogP contribution is -2.38. The number of aromatic nitrogens is 1. The number of anilines is 1. The smallest absolute Gasteiger partial charge is 0.478 e. The van der Waals surface area contributed by atoms with Gasteiger partial charge in [-0.2, -0.15) is 13.2 Å². The minimum Gasteiger partial charge on any atom is -0.478 e. The number of nitrogens with zero attached hydrogens (tertiary/aromatic N) is 2. The molecule has 2 N–H and O–H groups in total. The molecule has 1 spiro atoms. The third-order valence-corrected chi connectivity index (χ3v) is 6.02. The zero-order chi connectivity index (χ0) is 24.4. The molecule has 0 atom stereocenters. The van der Waals surface area contributed by atoms with E-state index in [4.69, 9.17) is 9.90 Å². The van der Waals surface area contributed by atoms with E-state index in [1.165, 1.54) is 6.42 Å². The molecule has 2 heterocycles. The zero-order valence-corrected chi connectivity index (χ0v) is 17.9. The maximum Gasteiger partial charge on any atom is 0.490 e. The highest BCUT2D eigenvalue weighted by Gasteiger charge is 2.45. The largest absolute Gasteiger partial charge is 0.490 e. The van der Waals surface area contributed by atoms with E-state index in [0.717, 1.165) is 42.6 Å². The van der Waals surface area contributed by atoms with Crippen molar-refractivity contribution in [3.05, 3.63) is 58.9 Å². The standard InChI is InChI=1S/C21H22N2O3.C2HF3O2/c1-14-5-6-16(12-22-14)19(24)23-13-21(9-3-2-4-10-21)17-11-15(20(25)26)7-8-18(17)23;3-2(4,5)1(6)7/h5-8,11-12H,2-4,9-10,13H2,1H3,(H,25,26);(H,6,7). The van der Waals surface area contributed by atoms with Gasteiger partial charge in [0.1, 0.15) is 0 Å². The highest BCUT2D eigenvalue weighted by atomic mass is 19.4. The fourth-order valence-corrected chi connectivity index (χ4v) is 4.39. The maximum absolute atomic E-state index is 13.1. The van der Waals surface area contributed by atoms with Gasteiger partial charge in [0.15, 0.2) is 0 Å². The molecule has 0 bridgehead atoms. The van der Waals surface area contributed by atoms with E-state index >= 15 is 0 Å². The van der Waals surface area contributed by atoms with Crippen LogP contribution in [0.4, 0.5) is 18.9 Å². The average Bonchev–Trinajstić information content (AvgIpc) is 3.07. The van der Waals surface area contributed by atoms with E-state index in [-0.39, 0.29) is 11.3 Å². The Morgan fingerprint density at radius 1 is 1.00 bits per heavy atom. The number of carbonyl (C=O) groups excluding carboxylic acids is 1. The van der Waals surface area contributed by atoms with Crippen molar-refractivity contribution in [3.8, 4) is 0 Å². The summed E-state index contributed by atoms with van der Waals surface area (Å²) in [5, 5.41) is 16.5. The summed E-state index contributed by atoms with van der Waals surface area (Å²) < 4.78 is 31.7. The Morgan fingerprint density at radius 3 is 2.12 bits per heavy atom. The van der Waals surface area contributed by atoms with Gasteiger partial charge in [-0.25, -0.2) is 9.59 Å². The van der Waals surface area contributed by atoms with Crippen LogP contribution in [0, 0.1) is 6.92 Å². The Hall–Kier alpha value is -3.43. The molecular formula is C23H23F3N2O5. The van der Waals surface area contributed by atoms with E-state index in [1.807, 2.05) is 24.0 Å². The molecule has 1 aliphatic heterocycles. The van der Waals surface area contributed by atoms with Gasteiger partial charge in [0.2, 0.25) is 0 Å². The molecule has 0 radical (unpaired) electrons. The summed E-state index contributed by atoms with van der Waals surface area (Å²) in [7, 11) is 0. The molecule has 0 saturated heterocycles. The Labute approximate surface area is 187 Å². The maximum atomic E-state index is 13.1. The summed E-state index contributed by atoms with van der Waals surface area (Å²) in [6, 6.07) is 8.82. The van der Waals surface area contributed by atoms with Crippen molar-refractivity contribution in [2.45, 2.75) is 50.6 Å². The number of carbonyl (C=O) groups is 3. The van der Waals surface area contributed by atoms with Crippen molar-refractivity contribution in [2.75, 3.05) is 11.4 Å². The molecule has 1 fully saturated rings. The number of pyridine rings is 1. The summed E-state index contributed by atoms with van der Waals surface area (Å²) in [4.78, 5) is 39.5. The van der Waals surface area contributed by atoms with Gasteiger partial charge in [-0.1, -0.05) is 19.3 Å². The molecule has 1 aliphatic carbocycles. The van der Waals surface area contributed by atoms with Crippen LogP contribution in [0.5, 0.6) is 0 Å². The van der Waals surface area contributed by atoms with Crippen LogP contribution in [0.1, 0.15) is 64.1 Å². The molecule has 1 aromatic carbocycles. The van der Waals surface area contributed by atoms with Crippen LogP contribution in [0.15, 0.2) is 36.5 Å². The molecule has 7 nitrogen and oxygen atoms in total. The quantitative estimate of drug-likeness (QED) is 0.674. The SMILES string of the molecule is Cc1ccc(C(=O)N2CC3(CCCCC3)c3cc(C(=O)O)ccc32)cn1.O=C(O)C(F)(F)F. The van der Waals surface area contributed by atoms with Gasteiger partial charge in [-0.3, -0.25) is 9.78 Å². The highest BCUT2D eigenvalue weighted by Crippen LogP contribution is 2.49. The molecule has 2 aromatic rings. The van der Waals surface area contributed by atoms with E-state index in [9.17, 15) is 27.9 Å². The number of fused-ring (bicyclic) bond motifs is 2. The van der Waals surface area contributed by atoms with Crippen LogP contribution in [-0.4, -0.2) is 45.8 Å². The molecular weight excluding hydrogens is 441 g/mol. The number of hydrogen-bond donors (Lipinski definition) is 2. The van der Waals surface area contributed by atoms with Crippen LogP contribution in [0.3, 0.4) is 0 Å². The van der Waals surface area contributed by atoms with Crippen molar-refractivity contribution in [1.82, 2.24) is 4.98 Å². The number of aromatic carboxylic acids is 1. The normalized spacial score (nSPS) is 16.5. The molecule has 4 rings (SSSR count). The van der Waals surface area contributed by atoms with Crippen molar-refractivity contribution in [2.24, 2.45) is 0 Å². The average molecular weight is 464 g/mol. The Bertz CT molecular complexity index is 1060. The lowest BCUT2D eigenvalue weighted by atomic mass is 9.70. The van der Waals surface area contributed by atoms with Gasteiger partial charge in [0.25, 0.3) is 5.91 Å². The van der Waals surface area contributed by atoms with E-state index in [0.29, 0.717) is 17.7 Å². The Kier molecular flexibility index (Phi) is 6.76. The molecule has 1 amide bonds. The van der Waals surface area contributed by atoms with Crippen LogP contribution in [-0.2, 0) is 10.2 Å². The first-order valence-corrected chi connectivity index (χ1v) is 10.4. The first-order chi connectivity index (χ1) is 15.4. The highest BCUT2D eigenvalue weighted by molar-refractivity contribution is 6.08. The second kappa shape index (κ2) is 9.21. The van der Waals surface area contributed by atoms with E-state index < -0.39 is 18.1 Å². The van der Waals surface area contributed by atoms with Gasteiger partial charge in [0, 0.05) is 29.5 Å². The number of benzene rings is 1. The van der Waals surface area contributed by atoms with Crippen molar-refractivity contribution in [1.29, 1.82) is 0 Å². The second-order valence-corrected chi connectivity index (χ2v) is 8.26. The van der Waals surface area contributed by atoms with Gasteiger partial charge < -0.3 is 15.1 Å². The number of aryl methyl sites for hydroxylation is 1. The van der Waals surface area contributed by atoms with E-state index in [2.05, 4.69) is 4.98 Å². The van der Waals surface area contributed by atoms with Crippen molar-refractivity contribution >= 4 is 23.5 Å². The van der Waals surface area contributed by atoms with Crippen molar-refractivity contribution < 1.29 is 37.8 Å². The number of carboxylic acids is 2. The number of carboxylic acid groups (broad SMARTS) is 2. The summed E-state index contributed by atoms with van der Waals surface area (Å²) in [6.45, 7) is 2.52. The summed E-state index contributed by atoms with van der Waals surface area (Å²) in [5.41, 5.74) is 3.48. The number of amides is 1. The minimum atomic E-state index is -5.08. The molecule has 10 heteroatoms. The molecule has 0 unspecified atom stereocenters. The van der Waals surface area contributed by atoms with Crippen molar-refractivity contribution in [3.63, 3.8) is 0 Å². The number of alkyl halides is 3. The zero-order valence-electron chi connectivity index (χ0n) is 17.9. The van der Waals surface area contributed by atoms with Crippen LogP contribution in [0.2, 0.25) is 0 Å². The number of rotatable bonds is 2. The topological polar surface area (TPSA) is 108 Å². The van der Waals surface area contributed by atoms with E-state index in [1.54, 1.807) is 24.4 Å². The Morgan fingerprint density at radius 2 is 1.61 bits per heavy atom. The fourth-order valence-electron chi connectivity index (χ4n) is 4.39. The fraction of sp³-hybridized carbons (Fsp3) is 0.391. The van der Waals surface area contributed by atoms with Gasteiger partial charge >= 0.3 is 18.1 Å². The second-order valence-electron chi connectivity index (χ2n) is 8.26. The summed E-state index contributed by atoms with van der Waals surface area (Å²) in [6.07, 6.45) is 1.97. The number of aliphatic carboxylic acids is 1. The molecule has 176 valence electrons. The van der Waals surface area contributed by atoms with Crippen LogP contribution < -0.4 is 4.90 Å². The predicted octanol–water partition coefficient (Wildman–Crippen LogP) is 4.58. The molecule has 2 aliphatic rings. The van der Waals surface area contributed by atoms with Gasteiger partial charge in [-0.15, -0.1) is 0 Å². The Balaban J connectivity index is 0.000000383. The molecule has 33 heavy (non-hydrogen) atoms. The number of halogens is 3. The van der Waals surface area contributed by atoms with Gasteiger partial charge in [0.05, 0.1) is 11.1 Å². The minimum absolute atomic E-state index is 0.0655. The van der Waals surface area contributed by atoms with Crippen LogP contribution in [0.25, 0.3) is 0 Å². The number of hydrogen-bond acceptors (Lipinski definition) is 4.